The number of ether oxygens (including phenoxy) is 1. The predicted octanol–water partition coefficient (Wildman–Crippen LogP) is 0.688. The van der Waals surface area contributed by atoms with E-state index in [-0.39, 0.29) is 18.4 Å². The van der Waals surface area contributed by atoms with Gasteiger partial charge in [-0.1, -0.05) is 0 Å². The minimum Gasteiger partial charge on any atom is -0.481 e. The fourth-order valence-corrected chi connectivity index (χ4v) is 1.56. The number of aromatic nitrogens is 1. The lowest BCUT2D eigenvalue weighted by Gasteiger charge is -2.20. The van der Waals surface area contributed by atoms with Crippen LogP contribution in [0.3, 0.4) is 0 Å². The van der Waals surface area contributed by atoms with Crippen molar-refractivity contribution >= 4 is 11.8 Å². The van der Waals surface area contributed by atoms with Crippen LogP contribution in [0.2, 0.25) is 0 Å². The van der Waals surface area contributed by atoms with Crippen molar-refractivity contribution in [3.63, 3.8) is 0 Å². The van der Waals surface area contributed by atoms with Gasteiger partial charge in [0.2, 0.25) is 11.8 Å². The number of hydrogen-bond acceptors (Lipinski definition) is 4. The first kappa shape index (κ1) is 14.9. The van der Waals surface area contributed by atoms with Crippen LogP contribution in [0.25, 0.3) is 0 Å². The Morgan fingerprint density at radius 1 is 1.37 bits per heavy atom. The second-order valence-electron chi connectivity index (χ2n) is 3.86. The normalized spacial score (nSPS) is 9.84. The number of likely N-dealkylation sites (N-methyl/N-ethyl adjacent to an activating group) is 2. The average Bonchev–Trinajstić information content (AvgIpc) is 2.44. The highest BCUT2D eigenvalue weighted by Gasteiger charge is 2.17. The lowest BCUT2D eigenvalue weighted by molar-refractivity contribution is -0.121. The van der Waals surface area contributed by atoms with Crippen molar-refractivity contribution in [2.75, 3.05) is 26.7 Å². The molecule has 0 fully saturated rings. The van der Waals surface area contributed by atoms with Crippen LogP contribution in [0.1, 0.15) is 24.2 Å². The summed E-state index contributed by atoms with van der Waals surface area (Å²) < 4.78 is 4.93. The first-order chi connectivity index (χ1) is 9.12. The largest absolute Gasteiger partial charge is 0.481 e. The molecule has 0 aliphatic rings. The van der Waals surface area contributed by atoms with Gasteiger partial charge in [0.15, 0.2) is 0 Å². The predicted molar refractivity (Wildman–Crippen MR) is 71.1 cm³/mol. The van der Waals surface area contributed by atoms with Crippen molar-refractivity contribution in [3.8, 4) is 5.88 Å². The van der Waals surface area contributed by atoms with E-state index in [2.05, 4.69) is 10.3 Å². The molecule has 0 atom stereocenters. The number of nitrogens with zero attached hydrogens (tertiary/aromatic N) is 2. The summed E-state index contributed by atoms with van der Waals surface area (Å²) in [5.41, 5.74) is 0.437. The number of methoxy groups -OCH3 is 1. The van der Waals surface area contributed by atoms with Gasteiger partial charge in [-0.05, 0) is 19.9 Å². The van der Waals surface area contributed by atoms with Crippen LogP contribution in [-0.2, 0) is 4.79 Å². The molecule has 6 heteroatoms. The summed E-state index contributed by atoms with van der Waals surface area (Å²) in [6.45, 7) is 4.73. The maximum atomic E-state index is 12.2. The minimum absolute atomic E-state index is 0.0508. The molecule has 0 aromatic carbocycles. The van der Waals surface area contributed by atoms with Gasteiger partial charge in [-0.25, -0.2) is 4.98 Å². The van der Waals surface area contributed by atoms with E-state index in [9.17, 15) is 9.59 Å². The Kier molecular flexibility index (Phi) is 5.78. The van der Waals surface area contributed by atoms with Crippen LogP contribution in [0.4, 0.5) is 0 Å². The summed E-state index contributed by atoms with van der Waals surface area (Å²) >= 11 is 0. The lowest BCUT2D eigenvalue weighted by Crippen LogP contribution is -2.40. The van der Waals surface area contributed by atoms with Crippen LogP contribution < -0.4 is 10.1 Å². The van der Waals surface area contributed by atoms with E-state index in [1.807, 2.05) is 13.8 Å². The van der Waals surface area contributed by atoms with Crippen LogP contribution >= 0.6 is 0 Å². The molecule has 0 saturated heterocycles. The summed E-state index contributed by atoms with van der Waals surface area (Å²) in [6.07, 6.45) is 1.45. The summed E-state index contributed by atoms with van der Waals surface area (Å²) in [7, 11) is 1.51. The highest BCUT2D eigenvalue weighted by atomic mass is 16.5. The van der Waals surface area contributed by atoms with Crippen molar-refractivity contribution in [3.05, 3.63) is 23.9 Å². The van der Waals surface area contributed by atoms with Crippen molar-refractivity contribution < 1.29 is 14.3 Å². The van der Waals surface area contributed by atoms with E-state index >= 15 is 0 Å². The Labute approximate surface area is 112 Å². The molecule has 0 bridgehead atoms. The molecule has 1 heterocycles. The van der Waals surface area contributed by atoms with Gasteiger partial charge >= 0.3 is 0 Å². The van der Waals surface area contributed by atoms with E-state index in [1.54, 1.807) is 12.1 Å². The second-order valence-corrected chi connectivity index (χ2v) is 3.86. The molecule has 1 aromatic rings. The first-order valence-corrected chi connectivity index (χ1v) is 6.18. The van der Waals surface area contributed by atoms with Gasteiger partial charge < -0.3 is 15.0 Å². The molecule has 0 aliphatic heterocycles. The minimum atomic E-state index is -0.219. The third-order valence-corrected chi connectivity index (χ3v) is 2.57. The zero-order valence-electron chi connectivity index (χ0n) is 11.5. The number of carbonyl (C=O) groups is 2. The lowest BCUT2D eigenvalue weighted by atomic mass is 10.2. The Balaban J connectivity index is 2.74. The molecule has 1 N–H and O–H groups in total. The molecule has 0 radical (unpaired) electrons. The summed E-state index contributed by atoms with van der Waals surface area (Å²) in [4.78, 5) is 29.1. The van der Waals surface area contributed by atoms with E-state index in [1.165, 1.54) is 18.2 Å². The molecular formula is C13H19N3O3. The third-order valence-electron chi connectivity index (χ3n) is 2.57. The van der Waals surface area contributed by atoms with Gasteiger partial charge in [0.1, 0.15) is 0 Å². The number of hydrogen-bond donors (Lipinski definition) is 1. The summed E-state index contributed by atoms with van der Waals surface area (Å²) in [5, 5.41) is 2.67. The van der Waals surface area contributed by atoms with Crippen LogP contribution in [0.5, 0.6) is 5.88 Å². The Hall–Kier alpha value is -2.11. The highest BCUT2D eigenvalue weighted by molar-refractivity contribution is 5.96. The van der Waals surface area contributed by atoms with E-state index in [0.717, 1.165) is 0 Å². The van der Waals surface area contributed by atoms with Crippen molar-refractivity contribution in [2.24, 2.45) is 0 Å². The maximum Gasteiger partial charge on any atom is 0.255 e. The SMILES string of the molecule is CCNC(=O)CN(CC)C(=O)c1ccc(OC)nc1. The third kappa shape index (κ3) is 4.24. The fourth-order valence-electron chi connectivity index (χ4n) is 1.56. The summed E-state index contributed by atoms with van der Waals surface area (Å²) in [6, 6.07) is 3.25. The molecule has 0 saturated carbocycles. The van der Waals surface area contributed by atoms with Gasteiger partial charge in [0.05, 0.1) is 19.2 Å². The van der Waals surface area contributed by atoms with E-state index < -0.39 is 0 Å². The second kappa shape index (κ2) is 7.35. The molecule has 104 valence electrons. The molecule has 0 aliphatic carbocycles. The molecule has 2 amide bonds. The standard InChI is InChI=1S/C13H19N3O3/c1-4-14-11(17)9-16(5-2)13(18)10-6-7-12(19-3)15-8-10/h6-8H,4-5,9H2,1-3H3,(H,14,17). The Morgan fingerprint density at radius 3 is 2.58 bits per heavy atom. The van der Waals surface area contributed by atoms with Crippen molar-refractivity contribution in [1.82, 2.24) is 15.2 Å². The first-order valence-electron chi connectivity index (χ1n) is 6.18. The van der Waals surface area contributed by atoms with Crippen LogP contribution in [0, 0.1) is 0 Å². The number of pyridine rings is 1. The highest BCUT2D eigenvalue weighted by Crippen LogP contribution is 2.09. The topological polar surface area (TPSA) is 71.5 Å². The molecule has 6 nitrogen and oxygen atoms in total. The number of rotatable bonds is 6. The van der Waals surface area contributed by atoms with Gasteiger partial charge in [-0.3, -0.25) is 9.59 Å². The molecule has 0 unspecified atom stereocenters. The van der Waals surface area contributed by atoms with Gasteiger partial charge in [-0.15, -0.1) is 0 Å². The zero-order valence-corrected chi connectivity index (χ0v) is 11.5. The average molecular weight is 265 g/mol. The molecule has 1 aromatic heterocycles. The molecule has 0 spiro atoms. The van der Waals surface area contributed by atoms with Crippen LogP contribution in [0.15, 0.2) is 18.3 Å². The molecule has 1 rings (SSSR count). The van der Waals surface area contributed by atoms with E-state index in [0.29, 0.717) is 24.5 Å². The summed E-state index contributed by atoms with van der Waals surface area (Å²) in [5.74, 6) is 0.0615. The van der Waals surface area contributed by atoms with E-state index in [4.69, 9.17) is 4.74 Å². The Bertz CT molecular complexity index is 431. The van der Waals surface area contributed by atoms with Crippen LogP contribution in [-0.4, -0.2) is 48.4 Å². The van der Waals surface area contributed by atoms with Gasteiger partial charge in [-0.2, -0.15) is 0 Å². The maximum absolute atomic E-state index is 12.2. The van der Waals surface area contributed by atoms with Crippen molar-refractivity contribution in [1.29, 1.82) is 0 Å². The molecule has 19 heavy (non-hydrogen) atoms. The van der Waals surface area contributed by atoms with Crippen molar-refractivity contribution in [2.45, 2.75) is 13.8 Å². The van der Waals surface area contributed by atoms with Gasteiger partial charge in [0, 0.05) is 25.4 Å². The number of nitrogens with one attached hydrogen (secondary N) is 1. The molecular weight excluding hydrogens is 246 g/mol. The quantitative estimate of drug-likeness (QED) is 0.821. The fraction of sp³-hybridized carbons (Fsp3) is 0.462. The van der Waals surface area contributed by atoms with Gasteiger partial charge in [0.25, 0.3) is 5.91 Å². The zero-order chi connectivity index (χ0) is 14.3. The monoisotopic (exact) mass is 265 g/mol. The number of amides is 2. The Morgan fingerprint density at radius 2 is 2.11 bits per heavy atom. The number of carbonyl (C=O) groups excluding carboxylic acids is 2. The smallest absolute Gasteiger partial charge is 0.255 e.